The van der Waals surface area contributed by atoms with Crippen LogP contribution < -0.4 is 4.90 Å². The van der Waals surface area contributed by atoms with Crippen LogP contribution in [0.2, 0.25) is 0 Å². The molecule has 0 aliphatic rings. The molecular formula is C13H20N4O. The summed E-state index contributed by atoms with van der Waals surface area (Å²) in [5.41, 5.74) is 0.375. The maximum Gasteiger partial charge on any atom is 0.183 e. The fraction of sp³-hybridized carbons (Fsp3) is 0.615. The van der Waals surface area contributed by atoms with E-state index in [1.54, 1.807) is 19.5 Å². The minimum atomic E-state index is 0.351. The lowest BCUT2D eigenvalue weighted by Gasteiger charge is -2.31. The third-order valence-corrected chi connectivity index (χ3v) is 2.98. The first kappa shape index (κ1) is 14.4. The smallest absolute Gasteiger partial charge is 0.183 e. The number of hydrogen-bond acceptors (Lipinski definition) is 5. The van der Waals surface area contributed by atoms with Crippen molar-refractivity contribution in [1.29, 1.82) is 5.26 Å². The molecule has 0 amide bonds. The third kappa shape index (κ3) is 3.41. The molecule has 1 aromatic heterocycles. The van der Waals surface area contributed by atoms with E-state index in [0.29, 0.717) is 24.2 Å². The quantitative estimate of drug-likeness (QED) is 0.738. The highest BCUT2D eigenvalue weighted by Gasteiger charge is 2.20. The van der Waals surface area contributed by atoms with Gasteiger partial charge in [0.05, 0.1) is 6.61 Å². The Morgan fingerprint density at radius 2 is 2.00 bits per heavy atom. The number of methoxy groups -OCH3 is 1. The zero-order valence-corrected chi connectivity index (χ0v) is 11.3. The van der Waals surface area contributed by atoms with E-state index < -0.39 is 0 Å². The molecule has 0 saturated heterocycles. The summed E-state index contributed by atoms with van der Waals surface area (Å²) >= 11 is 0. The molecule has 98 valence electrons. The Morgan fingerprint density at radius 1 is 1.33 bits per heavy atom. The summed E-state index contributed by atoms with van der Waals surface area (Å²) in [5, 5.41) is 9.11. The van der Waals surface area contributed by atoms with Gasteiger partial charge in [-0.05, 0) is 12.8 Å². The Kier molecular flexibility index (Phi) is 6.09. The molecule has 1 aromatic rings. The fourth-order valence-electron chi connectivity index (χ4n) is 2.00. The number of rotatable bonds is 7. The highest BCUT2D eigenvalue weighted by Crippen LogP contribution is 2.20. The Morgan fingerprint density at radius 3 is 2.56 bits per heavy atom. The largest absolute Gasteiger partial charge is 0.383 e. The van der Waals surface area contributed by atoms with Crippen LogP contribution in [0.5, 0.6) is 0 Å². The molecule has 5 nitrogen and oxygen atoms in total. The van der Waals surface area contributed by atoms with E-state index in [0.717, 1.165) is 19.4 Å². The van der Waals surface area contributed by atoms with Crippen molar-refractivity contribution < 1.29 is 4.74 Å². The van der Waals surface area contributed by atoms with Crippen LogP contribution in [0, 0.1) is 11.3 Å². The number of anilines is 1. The van der Waals surface area contributed by atoms with Gasteiger partial charge in [-0.25, -0.2) is 9.97 Å². The van der Waals surface area contributed by atoms with Gasteiger partial charge >= 0.3 is 0 Å². The Bertz CT molecular complexity index is 398. The van der Waals surface area contributed by atoms with Crippen molar-refractivity contribution in [2.45, 2.75) is 32.7 Å². The summed E-state index contributed by atoms with van der Waals surface area (Å²) < 4.78 is 5.13. The van der Waals surface area contributed by atoms with Crippen LogP contribution in [-0.4, -0.2) is 36.3 Å². The zero-order chi connectivity index (χ0) is 13.4. The second-order valence-electron chi connectivity index (χ2n) is 4.00. The summed E-state index contributed by atoms with van der Waals surface area (Å²) in [7, 11) is 1.67. The Labute approximate surface area is 108 Å². The molecule has 0 saturated carbocycles. The van der Waals surface area contributed by atoms with Gasteiger partial charge in [0.2, 0.25) is 0 Å². The number of ether oxygens (including phenoxy) is 1. The lowest BCUT2D eigenvalue weighted by Crippen LogP contribution is -2.38. The molecule has 0 fully saturated rings. The number of aromatic nitrogens is 2. The van der Waals surface area contributed by atoms with Crippen molar-refractivity contribution in [1.82, 2.24) is 9.97 Å². The first-order valence-electron chi connectivity index (χ1n) is 6.25. The van der Waals surface area contributed by atoms with Gasteiger partial charge < -0.3 is 9.64 Å². The molecule has 0 bridgehead atoms. The van der Waals surface area contributed by atoms with Gasteiger partial charge in [0, 0.05) is 32.1 Å². The van der Waals surface area contributed by atoms with Gasteiger partial charge in [-0.2, -0.15) is 5.26 Å². The van der Waals surface area contributed by atoms with E-state index in [9.17, 15) is 0 Å². The molecule has 1 heterocycles. The van der Waals surface area contributed by atoms with Gasteiger partial charge in [0.15, 0.2) is 11.5 Å². The maximum absolute atomic E-state index is 9.11. The van der Waals surface area contributed by atoms with Gasteiger partial charge in [-0.15, -0.1) is 0 Å². The number of nitriles is 1. The molecule has 0 unspecified atom stereocenters. The molecule has 0 spiro atoms. The molecule has 0 aliphatic carbocycles. The van der Waals surface area contributed by atoms with E-state index in [1.807, 2.05) is 0 Å². The van der Waals surface area contributed by atoms with Gasteiger partial charge in [0.25, 0.3) is 0 Å². The number of nitrogens with zero attached hydrogens (tertiary/aromatic N) is 4. The summed E-state index contributed by atoms with van der Waals surface area (Å²) in [6.45, 7) is 5.60. The molecular weight excluding hydrogens is 228 g/mol. The Hall–Kier alpha value is -1.67. The normalized spacial score (nSPS) is 10.4. The van der Waals surface area contributed by atoms with Crippen LogP contribution in [0.25, 0.3) is 0 Å². The van der Waals surface area contributed by atoms with Crippen LogP contribution in [-0.2, 0) is 4.74 Å². The Balaban J connectivity index is 3.04. The average Bonchev–Trinajstić information content (AvgIpc) is 2.43. The zero-order valence-electron chi connectivity index (χ0n) is 11.3. The van der Waals surface area contributed by atoms with Crippen LogP contribution in [0.3, 0.4) is 0 Å². The summed E-state index contributed by atoms with van der Waals surface area (Å²) in [4.78, 5) is 10.5. The average molecular weight is 248 g/mol. The summed E-state index contributed by atoms with van der Waals surface area (Å²) in [5.74, 6) is 0.658. The second kappa shape index (κ2) is 7.62. The van der Waals surface area contributed by atoms with Gasteiger partial charge in [-0.3, -0.25) is 0 Å². The van der Waals surface area contributed by atoms with E-state index >= 15 is 0 Å². The molecule has 18 heavy (non-hydrogen) atoms. The van der Waals surface area contributed by atoms with Crippen LogP contribution in [0.4, 0.5) is 5.82 Å². The second-order valence-corrected chi connectivity index (χ2v) is 4.00. The molecule has 1 rings (SSSR count). The van der Waals surface area contributed by atoms with E-state index in [2.05, 4.69) is 34.8 Å². The molecule has 0 aromatic carbocycles. The lowest BCUT2D eigenvalue weighted by molar-refractivity contribution is 0.202. The predicted octanol–water partition coefficient (Wildman–Crippen LogP) is 1.99. The minimum absolute atomic E-state index is 0.351. The predicted molar refractivity (Wildman–Crippen MR) is 70.3 cm³/mol. The van der Waals surface area contributed by atoms with E-state index in [1.165, 1.54) is 0 Å². The van der Waals surface area contributed by atoms with E-state index in [-0.39, 0.29) is 0 Å². The molecule has 0 atom stereocenters. The molecule has 0 N–H and O–H groups in total. The van der Waals surface area contributed by atoms with Crippen molar-refractivity contribution in [3.63, 3.8) is 0 Å². The van der Waals surface area contributed by atoms with Gasteiger partial charge in [-0.1, -0.05) is 13.8 Å². The van der Waals surface area contributed by atoms with Crippen LogP contribution >= 0.6 is 0 Å². The fourth-order valence-corrected chi connectivity index (χ4v) is 2.00. The molecule has 0 radical (unpaired) electrons. The van der Waals surface area contributed by atoms with Crippen molar-refractivity contribution in [3.8, 4) is 6.07 Å². The van der Waals surface area contributed by atoms with Crippen molar-refractivity contribution in [2.75, 3.05) is 25.2 Å². The first-order valence-corrected chi connectivity index (χ1v) is 6.25. The number of hydrogen-bond donors (Lipinski definition) is 0. The molecule has 0 aliphatic heterocycles. The summed E-state index contributed by atoms with van der Waals surface area (Å²) in [6, 6.07) is 2.45. The topological polar surface area (TPSA) is 62.0 Å². The van der Waals surface area contributed by atoms with Crippen molar-refractivity contribution in [2.24, 2.45) is 0 Å². The van der Waals surface area contributed by atoms with Crippen LogP contribution in [0.15, 0.2) is 12.4 Å². The third-order valence-electron chi connectivity index (χ3n) is 2.98. The van der Waals surface area contributed by atoms with Crippen molar-refractivity contribution in [3.05, 3.63) is 18.1 Å². The maximum atomic E-state index is 9.11. The first-order chi connectivity index (χ1) is 8.78. The van der Waals surface area contributed by atoms with E-state index in [4.69, 9.17) is 10.00 Å². The van der Waals surface area contributed by atoms with Gasteiger partial charge in [0.1, 0.15) is 6.07 Å². The SMILES string of the molecule is CCC(CC)N(CCOC)c1nccnc1C#N. The monoisotopic (exact) mass is 248 g/mol. The highest BCUT2D eigenvalue weighted by molar-refractivity contribution is 5.50. The highest BCUT2D eigenvalue weighted by atomic mass is 16.5. The van der Waals surface area contributed by atoms with Crippen molar-refractivity contribution >= 4 is 5.82 Å². The standard InChI is InChI=1S/C13H20N4O/c1-4-11(5-2)17(8-9-18-3)13-12(10-14)15-6-7-16-13/h6-7,11H,4-5,8-9H2,1-3H3. The minimum Gasteiger partial charge on any atom is -0.383 e. The van der Waals surface area contributed by atoms with Crippen LogP contribution in [0.1, 0.15) is 32.4 Å². The lowest BCUT2D eigenvalue weighted by atomic mass is 10.1. The molecule has 5 heteroatoms. The summed E-state index contributed by atoms with van der Waals surface area (Å²) in [6.07, 6.45) is 5.17.